The molecule has 0 atom stereocenters. The van der Waals surface area contributed by atoms with Crippen molar-refractivity contribution in [3.8, 4) is 11.5 Å². The molecule has 0 unspecified atom stereocenters. The van der Waals surface area contributed by atoms with Crippen LogP contribution >= 0.6 is 0 Å². The van der Waals surface area contributed by atoms with Crippen LogP contribution in [0.1, 0.15) is 38.2 Å². The van der Waals surface area contributed by atoms with Crippen molar-refractivity contribution < 1.29 is 23.8 Å². The van der Waals surface area contributed by atoms with E-state index in [2.05, 4.69) is 5.32 Å². The van der Waals surface area contributed by atoms with Gasteiger partial charge in [0.05, 0.1) is 25.5 Å². The quantitative estimate of drug-likeness (QED) is 0.760. The van der Waals surface area contributed by atoms with Gasteiger partial charge in [0, 0.05) is 6.07 Å². The van der Waals surface area contributed by atoms with Crippen LogP contribution in [-0.2, 0) is 9.53 Å². The van der Waals surface area contributed by atoms with Gasteiger partial charge in [-0.3, -0.25) is 4.79 Å². The molecular weight excluding hydrogens is 358 g/mol. The number of carbonyl (C=O) groups excluding carboxylic acids is 2. The molecule has 2 aromatic carbocycles. The molecule has 0 aromatic heterocycles. The summed E-state index contributed by atoms with van der Waals surface area (Å²) < 4.78 is 15.7. The number of anilines is 1. The Bertz CT molecular complexity index is 889. The van der Waals surface area contributed by atoms with E-state index in [1.807, 2.05) is 34.6 Å². The van der Waals surface area contributed by atoms with Gasteiger partial charge in [0.1, 0.15) is 11.5 Å². The smallest absolute Gasteiger partial charge is 0.339 e. The molecule has 1 amide bonds. The second-order valence-corrected chi connectivity index (χ2v) is 6.69. The van der Waals surface area contributed by atoms with Gasteiger partial charge in [-0.15, -0.1) is 0 Å². The molecule has 1 N–H and O–H groups in total. The van der Waals surface area contributed by atoms with Gasteiger partial charge < -0.3 is 19.5 Å². The molecule has 0 bridgehead atoms. The second kappa shape index (κ2) is 8.78. The number of hydrogen-bond donors (Lipinski definition) is 1. The Labute approximate surface area is 165 Å². The Hall–Kier alpha value is -3.02. The Balaban J connectivity index is 2.13. The van der Waals surface area contributed by atoms with Crippen molar-refractivity contribution >= 4 is 17.6 Å². The number of amides is 1. The lowest BCUT2D eigenvalue weighted by molar-refractivity contribution is -0.119. The summed E-state index contributed by atoms with van der Waals surface area (Å²) >= 11 is 0. The van der Waals surface area contributed by atoms with Crippen molar-refractivity contribution in [2.45, 2.75) is 34.6 Å². The van der Waals surface area contributed by atoms with Crippen LogP contribution in [-0.4, -0.2) is 32.7 Å². The normalized spacial score (nSPS) is 10.4. The third kappa shape index (κ3) is 4.27. The fourth-order valence-electron chi connectivity index (χ4n) is 3.11. The van der Waals surface area contributed by atoms with Crippen molar-refractivity contribution in [3.63, 3.8) is 0 Å². The van der Waals surface area contributed by atoms with Crippen molar-refractivity contribution in [3.05, 3.63) is 51.6 Å². The van der Waals surface area contributed by atoms with E-state index in [1.54, 1.807) is 18.2 Å². The molecular formula is C22H27NO5. The third-order valence-electron chi connectivity index (χ3n) is 5.22. The highest BCUT2D eigenvalue weighted by molar-refractivity contribution is 5.98. The van der Waals surface area contributed by atoms with Crippen LogP contribution in [0.2, 0.25) is 0 Å². The summed E-state index contributed by atoms with van der Waals surface area (Å²) in [5, 5.41) is 2.68. The summed E-state index contributed by atoms with van der Waals surface area (Å²) in [6, 6.07) is 5.05. The molecule has 2 aromatic rings. The summed E-state index contributed by atoms with van der Waals surface area (Å²) in [5.74, 6) is 0.0895. The van der Waals surface area contributed by atoms with E-state index >= 15 is 0 Å². The minimum absolute atomic E-state index is 0.399. The molecule has 0 heterocycles. The van der Waals surface area contributed by atoms with Crippen LogP contribution in [0.4, 0.5) is 5.69 Å². The molecule has 0 radical (unpaired) electrons. The van der Waals surface area contributed by atoms with Crippen LogP contribution < -0.4 is 14.8 Å². The van der Waals surface area contributed by atoms with Crippen LogP contribution in [0.15, 0.2) is 18.2 Å². The van der Waals surface area contributed by atoms with Gasteiger partial charge >= 0.3 is 5.97 Å². The summed E-state index contributed by atoms with van der Waals surface area (Å²) in [6.07, 6.45) is 0. The summed E-state index contributed by atoms with van der Waals surface area (Å²) in [5.41, 5.74) is 5.99. The van der Waals surface area contributed by atoms with Crippen molar-refractivity contribution in [1.82, 2.24) is 0 Å². The lowest BCUT2D eigenvalue weighted by atomic mass is 9.90. The highest BCUT2D eigenvalue weighted by Gasteiger charge is 2.20. The number of ether oxygens (including phenoxy) is 3. The molecule has 2 rings (SSSR count). The topological polar surface area (TPSA) is 73.9 Å². The van der Waals surface area contributed by atoms with Gasteiger partial charge in [-0.2, -0.15) is 0 Å². The third-order valence-corrected chi connectivity index (χ3v) is 5.22. The first-order valence-electron chi connectivity index (χ1n) is 8.97. The van der Waals surface area contributed by atoms with E-state index in [4.69, 9.17) is 14.2 Å². The minimum atomic E-state index is -0.506. The molecule has 0 saturated carbocycles. The fraction of sp³-hybridized carbons (Fsp3) is 0.364. The summed E-state index contributed by atoms with van der Waals surface area (Å²) in [6.45, 7) is 9.39. The van der Waals surface area contributed by atoms with E-state index < -0.39 is 18.5 Å². The van der Waals surface area contributed by atoms with Crippen molar-refractivity contribution in [2.24, 2.45) is 0 Å². The zero-order valence-corrected chi connectivity index (χ0v) is 17.5. The lowest BCUT2D eigenvalue weighted by Gasteiger charge is -2.17. The molecule has 0 aliphatic heterocycles. The van der Waals surface area contributed by atoms with Gasteiger partial charge in [-0.25, -0.2) is 4.79 Å². The van der Waals surface area contributed by atoms with Gasteiger partial charge in [0.15, 0.2) is 6.61 Å². The molecule has 0 saturated heterocycles. The van der Waals surface area contributed by atoms with Gasteiger partial charge in [-0.1, -0.05) is 0 Å². The molecule has 6 nitrogen and oxygen atoms in total. The Morgan fingerprint density at radius 1 is 0.857 bits per heavy atom. The highest BCUT2D eigenvalue weighted by Crippen LogP contribution is 2.29. The molecule has 28 heavy (non-hydrogen) atoms. The summed E-state index contributed by atoms with van der Waals surface area (Å²) in [7, 11) is 3.04. The SMILES string of the molecule is COc1ccc(OC)c(NC(=O)COC(=O)c2c(C)c(C)c(C)c(C)c2C)c1. The molecule has 6 heteroatoms. The van der Waals surface area contributed by atoms with Crippen molar-refractivity contribution in [2.75, 3.05) is 26.1 Å². The van der Waals surface area contributed by atoms with Crippen LogP contribution in [0.25, 0.3) is 0 Å². The van der Waals surface area contributed by atoms with Crippen LogP contribution in [0, 0.1) is 34.6 Å². The Morgan fingerprint density at radius 3 is 1.96 bits per heavy atom. The zero-order chi connectivity index (χ0) is 21.0. The average molecular weight is 385 g/mol. The number of methoxy groups -OCH3 is 2. The first-order valence-corrected chi connectivity index (χ1v) is 8.97. The number of nitrogens with one attached hydrogen (secondary N) is 1. The van der Waals surface area contributed by atoms with Gasteiger partial charge in [-0.05, 0) is 74.6 Å². The van der Waals surface area contributed by atoms with Crippen molar-refractivity contribution in [1.29, 1.82) is 0 Å². The maximum absolute atomic E-state index is 12.6. The molecule has 0 aliphatic rings. The van der Waals surface area contributed by atoms with Crippen LogP contribution in [0.3, 0.4) is 0 Å². The maximum Gasteiger partial charge on any atom is 0.339 e. The second-order valence-electron chi connectivity index (χ2n) is 6.69. The first kappa shape index (κ1) is 21.3. The standard InChI is InChI=1S/C22H27NO5/c1-12-13(2)15(4)21(16(5)14(12)3)22(25)28-11-20(24)23-18-10-17(26-6)8-9-19(18)27-7/h8-10H,11H2,1-7H3,(H,23,24). The maximum atomic E-state index is 12.6. The zero-order valence-electron chi connectivity index (χ0n) is 17.5. The van der Waals surface area contributed by atoms with E-state index in [-0.39, 0.29) is 0 Å². The predicted octanol–water partition coefficient (Wildman–Crippen LogP) is 4.04. The van der Waals surface area contributed by atoms with Crippen LogP contribution in [0.5, 0.6) is 11.5 Å². The lowest BCUT2D eigenvalue weighted by Crippen LogP contribution is -2.22. The van der Waals surface area contributed by atoms with E-state index in [0.717, 1.165) is 27.8 Å². The highest BCUT2D eigenvalue weighted by atomic mass is 16.5. The molecule has 0 spiro atoms. The molecule has 0 aliphatic carbocycles. The predicted molar refractivity (Wildman–Crippen MR) is 109 cm³/mol. The Morgan fingerprint density at radius 2 is 1.43 bits per heavy atom. The number of rotatable bonds is 6. The van der Waals surface area contributed by atoms with E-state index in [0.29, 0.717) is 22.7 Å². The fourth-order valence-corrected chi connectivity index (χ4v) is 3.11. The number of hydrogen-bond acceptors (Lipinski definition) is 5. The van der Waals surface area contributed by atoms with Gasteiger partial charge in [0.2, 0.25) is 0 Å². The minimum Gasteiger partial charge on any atom is -0.497 e. The van der Waals surface area contributed by atoms with E-state index in [9.17, 15) is 9.59 Å². The van der Waals surface area contributed by atoms with E-state index in [1.165, 1.54) is 14.2 Å². The average Bonchev–Trinajstić information content (AvgIpc) is 2.69. The Kier molecular flexibility index (Phi) is 6.67. The number of benzene rings is 2. The number of carbonyl (C=O) groups is 2. The number of esters is 1. The largest absolute Gasteiger partial charge is 0.497 e. The molecule has 150 valence electrons. The monoisotopic (exact) mass is 385 g/mol. The summed E-state index contributed by atoms with van der Waals surface area (Å²) in [4.78, 5) is 24.9. The van der Waals surface area contributed by atoms with Gasteiger partial charge in [0.25, 0.3) is 5.91 Å². The first-order chi connectivity index (χ1) is 13.2. The molecule has 0 fully saturated rings.